The Labute approximate surface area is 117 Å². The van der Waals surface area contributed by atoms with E-state index in [1.807, 2.05) is 38.0 Å². The molecule has 1 heterocycles. The molecular weight excluding hydrogens is 242 g/mol. The molecule has 1 aliphatic heterocycles. The van der Waals surface area contributed by atoms with Gasteiger partial charge >= 0.3 is 0 Å². The summed E-state index contributed by atoms with van der Waals surface area (Å²) in [6.45, 7) is 4.29. The molecule has 0 unspecified atom stereocenters. The zero-order valence-corrected chi connectivity index (χ0v) is 12.9. The molecule has 0 aliphatic carbocycles. The van der Waals surface area contributed by atoms with Crippen molar-refractivity contribution in [2.24, 2.45) is 10.9 Å². The molecule has 0 spiro atoms. The average molecular weight is 271 g/mol. The third-order valence-electron chi connectivity index (χ3n) is 3.19. The molecule has 1 fully saturated rings. The summed E-state index contributed by atoms with van der Waals surface area (Å²) in [6.07, 6.45) is 3.27. The summed E-state index contributed by atoms with van der Waals surface area (Å²) >= 11 is 0. The van der Waals surface area contributed by atoms with Crippen LogP contribution in [0.1, 0.15) is 19.3 Å². The minimum atomic E-state index is 0.691. The highest BCUT2D eigenvalue weighted by molar-refractivity contribution is 5.79. The van der Waals surface area contributed by atoms with Crippen molar-refractivity contribution >= 4 is 5.96 Å². The van der Waals surface area contributed by atoms with Gasteiger partial charge in [-0.2, -0.15) is 0 Å². The highest BCUT2D eigenvalue weighted by Gasteiger charge is 2.13. The molecule has 19 heavy (non-hydrogen) atoms. The van der Waals surface area contributed by atoms with Gasteiger partial charge in [-0.25, -0.2) is 0 Å². The minimum Gasteiger partial charge on any atom is -0.381 e. The van der Waals surface area contributed by atoms with Crippen molar-refractivity contribution in [1.82, 2.24) is 9.80 Å². The molecule has 112 valence electrons. The topological polar surface area (TPSA) is 37.3 Å². The van der Waals surface area contributed by atoms with Gasteiger partial charge in [0, 0.05) is 61.2 Å². The molecule has 0 aromatic rings. The Bertz CT molecular complexity index is 251. The molecule has 5 nitrogen and oxygen atoms in total. The summed E-state index contributed by atoms with van der Waals surface area (Å²) in [5.74, 6) is 1.70. The first-order valence-corrected chi connectivity index (χ1v) is 7.16. The predicted molar refractivity (Wildman–Crippen MR) is 78.7 cm³/mol. The molecule has 0 saturated carbocycles. The molecule has 0 aromatic carbocycles. The van der Waals surface area contributed by atoms with Crippen LogP contribution in [-0.2, 0) is 9.47 Å². The molecule has 0 amide bonds. The second-order valence-electron chi connectivity index (χ2n) is 5.45. The average Bonchev–Trinajstić information content (AvgIpc) is 2.38. The fourth-order valence-corrected chi connectivity index (χ4v) is 2.19. The number of rotatable bonds is 6. The Hall–Kier alpha value is -0.810. The smallest absolute Gasteiger partial charge is 0.195 e. The zero-order valence-electron chi connectivity index (χ0n) is 12.9. The lowest BCUT2D eigenvalue weighted by Gasteiger charge is -2.23. The lowest BCUT2D eigenvalue weighted by Crippen LogP contribution is -2.35. The van der Waals surface area contributed by atoms with Crippen LogP contribution in [0.5, 0.6) is 0 Å². The van der Waals surface area contributed by atoms with Gasteiger partial charge in [-0.05, 0) is 25.2 Å². The molecule has 0 N–H and O–H groups in total. The van der Waals surface area contributed by atoms with E-state index in [1.165, 1.54) is 0 Å². The van der Waals surface area contributed by atoms with Gasteiger partial charge in [0.1, 0.15) is 0 Å². The second-order valence-corrected chi connectivity index (χ2v) is 5.45. The largest absolute Gasteiger partial charge is 0.381 e. The Balaban J connectivity index is 2.08. The quantitative estimate of drug-likeness (QED) is 0.414. The Kier molecular flexibility index (Phi) is 7.82. The number of ether oxygens (including phenoxy) is 2. The van der Waals surface area contributed by atoms with Gasteiger partial charge in [0.05, 0.1) is 0 Å². The summed E-state index contributed by atoms with van der Waals surface area (Å²) in [5, 5.41) is 0. The van der Waals surface area contributed by atoms with E-state index in [1.54, 1.807) is 0 Å². The Morgan fingerprint density at radius 2 is 1.79 bits per heavy atom. The van der Waals surface area contributed by atoms with E-state index in [4.69, 9.17) is 9.47 Å². The second kappa shape index (κ2) is 9.15. The van der Waals surface area contributed by atoms with Crippen LogP contribution >= 0.6 is 0 Å². The van der Waals surface area contributed by atoms with E-state index in [0.717, 1.165) is 58.2 Å². The van der Waals surface area contributed by atoms with Crippen molar-refractivity contribution in [1.29, 1.82) is 0 Å². The third kappa shape index (κ3) is 6.78. The maximum absolute atomic E-state index is 5.72. The van der Waals surface area contributed by atoms with E-state index >= 15 is 0 Å². The van der Waals surface area contributed by atoms with Gasteiger partial charge in [-0.15, -0.1) is 0 Å². The van der Waals surface area contributed by atoms with Gasteiger partial charge in [0.25, 0.3) is 0 Å². The Morgan fingerprint density at radius 3 is 2.37 bits per heavy atom. The summed E-state index contributed by atoms with van der Waals surface area (Å²) in [5.41, 5.74) is 0. The lowest BCUT2D eigenvalue weighted by atomic mass is 10.0. The fraction of sp³-hybridized carbons (Fsp3) is 0.929. The van der Waals surface area contributed by atoms with Gasteiger partial charge in [0.15, 0.2) is 5.96 Å². The highest BCUT2D eigenvalue weighted by atomic mass is 16.5. The van der Waals surface area contributed by atoms with Crippen molar-refractivity contribution < 1.29 is 9.47 Å². The maximum atomic E-state index is 5.72. The van der Waals surface area contributed by atoms with Crippen molar-refractivity contribution in [3.63, 3.8) is 0 Å². The molecule has 5 heteroatoms. The number of hydrogen-bond donors (Lipinski definition) is 0. The van der Waals surface area contributed by atoms with Gasteiger partial charge in [0.2, 0.25) is 0 Å². The number of aliphatic imine (C=N–C) groups is 1. The van der Waals surface area contributed by atoms with E-state index in [2.05, 4.69) is 4.99 Å². The highest BCUT2D eigenvalue weighted by Crippen LogP contribution is 2.14. The first-order valence-electron chi connectivity index (χ1n) is 7.16. The SMILES string of the molecule is CN(C)C(=NCCCOCC1CCOCC1)N(C)C. The van der Waals surface area contributed by atoms with Gasteiger partial charge in [-0.3, -0.25) is 4.99 Å². The van der Waals surface area contributed by atoms with Crippen LogP contribution in [-0.4, -0.2) is 76.9 Å². The molecule has 0 atom stereocenters. The molecular formula is C14H29N3O2. The molecule has 1 aliphatic rings. The van der Waals surface area contributed by atoms with Gasteiger partial charge in [-0.1, -0.05) is 0 Å². The normalized spacial score (nSPS) is 16.2. The monoisotopic (exact) mass is 271 g/mol. The van der Waals surface area contributed by atoms with Crippen molar-refractivity contribution in [2.75, 3.05) is 61.2 Å². The summed E-state index contributed by atoms with van der Waals surface area (Å²) < 4.78 is 11.1. The van der Waals surface area contributed by atoms with Crippen LogP contribution in [0.3, 0.4) is 0 Å². The van der Waals surface area contributed by atoms with Crippen LogP contribution in [0.15, 0.2) is 4.99 Å². The number of hydrogen-bond acceptors (Lipinski definition) is 3. The van der Waals surface area contributed by atoms with Crippen molar-refractivity contribution in [3.8, 4) is 0 Å². The summed E-state index contributed by atoms with van der Waals surface area (Å²) in [7, 11) is 8.06. The predicted octanol–water partition coefficient (Wildman–Crippen LogP) is 1.30. The number of guanidine groups is 1. The van der Waals surface area contributed by atoms with Crippen LogP contribution < -0.4 is 0 Å². The first-order chi connectivity index (χ1) is 9.11. The van der Waals surface area contributed by atoms with Crippen LogP contribution in [0, 0.1) is 5.92 Å². The fourth-order valence-electron chi connectivity index (χ4n) is 2.19. The maximum Gasteiger partial charge on any atom is 0.195 e. The zero-order chi connectivity index (χ0) is 14.1. The number of nitrogens with zero attached hydrogens (tertiary/aromatic N) is 3. The molecule has 1 rings (SSSR count). The van der Waals surface area contributed by atoms with E-state index in [-0.39, 0.29) is 0 Å². The summed E-state index contributed by atoms with van der Waals surface area (Å²) in [6, 6.07) is 0. The minimum absolute atomic E-state index is 0.691. The molecule has 0 bridgehead atoms. The first kappa shape index (κ1) is 16.2. The van der Waals surface area contributed by atoms with E-state index < -0.39 is 0 Å². The van der Waals surface area contributed by atoms with E-state index in [9.17, 15) is 0 Å². The van der Waals surface area contributed by atoms with Crippen LogP contribution in [0.25, 0.3) is 0 Å². The summed E-state index contributed by atoms with van der Waals surface area (Å²) in [4.78, 5) is 8.64. The standard InChI is InChI=1S/C14H29N3O2/c1-16(2)14(17(3)4)15-8-5-9-19-12-13-6-10-18-11-7-13/h13H,5-12H2,1-4H3. The lowest BCUT2D eigenvalue weighted by molar-refractivity contribution is 0.0205. The van der Waals surface area contributed by atoms with Crippen molar-refractivity contribution in [3.05, 3.63) is 0 Å². The molecule has 1 saturated heterocycles. The van der Waals surface area contributed by atoms with Crippen LogP contribution in [0.2, 0.25) is 0 Å². The van der Waals surface area contributed by atoms with Crippen molar-refractivity contribution in [2.45, 2.75) is 19.3 Å². The van der Waals surface area contributed by atoms with Crippen LogP contribution in [0.4, 0.5) is 0 Å². The Morgan fingerprint density at radius 1 is 1.16 bits per heavy atom. The van der Waals surface area contributed by atoms with Gasteiger partial charge < -0.3 is 19.3 Å². The third-order valence-corrected chi connectivity index (χ3v) is 3.19. The van der Waals surface area contributed by atoms with E-state index in [0.29, 0.717) is 5.92 Å². The molecule has 0 radical (unpaired) electrons. The molecule has 0 aromatic heterocycles.